The third-order valence-corrected chi connectivity index (χ3v) is 4.35. The Morgan fingerprint density at radius 1 is 1.16 bits per heavy atom. The Kier molecular flexibility index (Phi) is 6.63. The van der Waals surface area contributed by atoms with E-state index in [1.807, 2.05) is 0 Å². The lowest BCUT2D eigenvalue weighted by Crippen LogP contribution is -2.32. The summed E-state index contributed by atoms with van der Waals surface area (Å²) in [5, 5.41) is 5.11. The third kappa shape index (κ3) is 5.65. The molecule has 0 aromatic carbocycles. The summed E-state index contributed by atoms with van der Waals surface area (Å²) in [7, 11) is 0. The molecule has 11 heteroatoms. The van der Waals surface area contributed by atoms with Crippen molar-refractivity contribution < 1.29 is 18.0 Å². The number of aryl methyl sites for hydroxylation is 1. The van der Waals surface area contributed by atoms with Crippen molar-refractivity contribution in [2.24, 2.45) is 0 Å². The number of amides is 1. The van der Waals surface area contributed by atoms with Crippen LogP contribution in [0.5, 0.6) is 0 Å². The fourth-order valence-electron chi connectivity index (χ4n) is 2.84. The number of halogens is 3. The molecule has 0 saturated carbocycles. The number of rotatable bonds is 7. The fourth-order valence-corrected chi connectivity index (χ4v) is 2.84. The lowest BCUT2D eigenvalue weighted by molar-refractivity contribution is -0.137. The Hall–Kier alpha value is -3.76. The smallest absolute Gasteiger partial charge is 0.368 e. The molecule has 0 atom stereocenters. The van der Waals surface area contributed by atoms with Gasteiger partial charge in [-0.05, 0) is 31.2 Å². The fraction of sp³-hybridized carbons (Fsp3) is 0.250. The molecule has 3 N–H and O–H groups in total. The molecule has 3 aromatic heterocycles. The summed E-state index contributed by atoms with van der Waals surface area (Å²) in [5.41, 5.74) is -0.0786. The van der Waals surface area contributed by atoms with Gasteiger partial charge in [-0.2, -0.15) is 13.2 Å². The topological polar surface area (TPSA) is 113 Å². The van der Waals surface area contributed by atoms with Gasteiger partial charge in [-0.3, -0.25) is 14.6 Å². The summed E-state index contributed by atoms with van der Waals surface area (Å²) in [5.74, 6) is -0.421. The minimum Gasteiger partial charge on any atom is -0.368 e. The average molecular weight is 432 g/mol. The Morgan fingerprint density at radius 3 is 2.61 bits per heavy atom. The molecule has 0 radical (unpaired) electrons. The Labute approximate surface area is 175 Å². The summed E-state index contributed by atoms with van der Waals surface area (Å²) < 4.78 is 38.8. The molecule has 0 bridgehead atoms. The van der Waals surface area contributed by atoms with Gasteiger partial charge in [0.05, 0.1) is 12.0 Å². The highest BCUT2D eigenvalue weighted by Gasteiger charge is 2.33. The van der Waals surface area contributed by atoms with Crippen LogP contribution >= 0.6 is 0 Å². The van der Waals surface area contributed by atoms with E-state index in [4.69, 9.17) is 0 Å². The number of carbonyl (C=O) groups excluding carboxylic acids is 1. The predicted molar refractivity (Wildman–Crippen MR) is 107 cm³/mol. The lowest BCUT2D eigenvalue weighted by Gasteiger charge is -2.13. The SMILES string of the molecule is Cc1nc(-c2cccnc2)[nH]c(=O)c1CC(=O)NCCNc1ncccc1C(F)(F)F. The summed E-state index contributed by atoms with van der Waals surface area (Å²) in [6.07, 6.45) is -0.345. The lowest BCUT2D eigenvalue weighted by atomic mass is 10.1. The van der Waals surface area contributed by atoms with Gasteiger partial charge in [0.25, 0.3) is 5.56 Å². The number of anilines is 1. The maximum absolute atomic E-state index is 12.9. The van der Waals surface area contributed by atoms with Gasteiger partial charge in [0.1, 0.15) is 11.6 Å². The van der Waals surface area contributed by atoms with E-state index in [0.717, 1.165) is 6.07 Å². The quantitative estimate of drug-likeness (QED) is 0.494. The number of H-pyrrole nitrogens is 1. The van der Waals surface area contributed by atoms with E-state index in [1.165, 1.54) is 12.3 Å². The number of nitrogens with zero attached hydrogens (tertiary/aromatic N) is 3. The standard InChI is InChI=1S/C20H19F3N6O2/c1-12-14(19(31)29-17(28-12)13-4-2-6-24-11-13)10-16(30)25-8-9-27-18-15(20(21,22)23)5-3-7-26-18/h2-7,11H,8-10H2,1H3,(H,25,30)(H,26,27)(H,28,29,31). The van der Waals surface area contributed by atoms with Gasteiger partial charge in [-0.15, -0.1) is 0 Å². The molecule has 3 heterocycles. The highest BCUT2D eigenvalue weighted by Crippen LogP contribution is 2.33. The molecule has 162 valence electrons. The molecule has 0 aliphatic heterocycles. The van der Waals surface area contributed by atoms with Crippen molar-refractivity contribution >= 4 is 11.7 Å². The molecule has 0 fully saturated rings. The first kappa shape index (κ1) is 21.9. The minimum atomic E-state index is -4.53. The first-order valence-corrected chi connectivity index (χ1v) is 9.28. The highest BCUT2D eigenvalue weighted by molar-refractivity contribution is 5.78. The molecule has 0 aliphatic rings. The van der Waals surface area contributed by atoms with Crippen molar-refractivity contribution in [2.45, 2.75) is 19.5 Å². The molecule has 1 amide bonds. The van der Waals surface area contributed by atoms with Crippen LogP contribution in [0.2, 0.25) is 0 Å². The summed E-state index contributed by atoms with van der Waals surface area (Å²) in [6, 6.07) is 5.58. The van der Waals surface area contributed by atoms with Gasteiger partial charge in [-0.1, -0.05) is 0 Å². The number of hydrogen-bond acceptors (Lipinski definition) is 6. The van der Waals surface area contributed by atoms with Crippen LogP contribution < -0.4 is 16.2 Å². The number of nitrogens with one attached hydrogen (secondary N) is 3. The van der Waals surface area contributed by atoms with E-state index in [2.05, 4.69) is 30.6 Å². The monoisotopic (exact) mass is 432 g/mol. The largest absolute Gasteiger partial charge is 0.419 e. The maximum atomic E-state index is 12.9. The van der Waals surface area contributed by atoms with Crippen LogP contribution in [0.4, 0.5) is 19.0 Å². The molecular formula is C20H19F3N6O2. The van der Waals surface area contributed by atoms with E-state index >= 15 is 0 Å². The molecule has 3 aromatic rings. The van der Waals surface area contributed by atoms with Crippen LogP contribution in [0, 0.1) is 6.92 Å². The van der Waals surface area contributed by atoms with E-state index < -0.39 is 23.2 Å². The predicted octanol–water partition coefficient (Wildman–Crippen LogP) is 2.32. The zero-order valence-corrected chi connectivity index (χ0v) is 16.5. The third-order valence-electron chi connectivity index (χ3n) is 4.35. The summed E-state index contributed by atoms with van der Waals surface area (Å²) in [6.45, 7) is 1.70. The zero-order chi connectivity index (χ0) is 22.4. The van der Waals surface area contributed by atoms with Crippen LogP contribution in [0.1, 0.15) is 16.8 Å². The van der Waals surface area contributed by atoms with Gasteiger partial charge in [0.2, 0.25) is 5.91 Å². The number of carbonyl (C=O) groups is 1. The van der Waals surface area contributed by atoms with Crippen molar-refractivity contribution in [1.82, 2.24) is 25.3 Å². The van der Waals surface area contributed by atoms with Crippen LogP contribution in [0.25, 0.3) is 11.4 Å². The normalized spacial score (nSPS) is 11.2. The van der Waals surface area contributed by atoms with Crippen molar-refractivity contribution in [3.05, 3.63) is 70.0 Å². The molecular weight excluding hydrogens is 413 g/mol. The number of aromatic amines is 1. The van der Waals surface area contributed by atoms with Crippen LogP contribution in [0.3, 0.4) is 0 Å². The number of alkyl halides is 3. The molecule has 3 rings (SSSR count). The molecule has 0 aliphatic carbocycles. The molecule has 8 nitrogen and oxygen atoms in total. The van der Waals surface area contributed by atoms with Gasteiger partial charge in [0.15, 0.2) is 0 Å². The molecule has 31 heavy (non-hydrogen) atoms. The average Bonchev–Trinajstić information content (AvgIpc) is 2.74. The van der Waals surface area contributed by atoms with Crippen molar-refractivity contribution in [3.8, 4) is 11.4 Å². The van der Waals surface area contributed by atoms with E-state index in [1.54, 1.807) is 31.5 Å². The Bertz CT molecular complexity index is 1120. The van der Waals surface area contributed by atoms with Gasteiger partial charge >= 0.3 is 6.18 Å². The number of pyridine rings is 2. The molecule has 0 spiro atoms. The van der Waals surface area contributed by atoms with Crippen molar-refractivity contribution in [3.63, 3.8) is 0 Å². The summed E-state index contributed by atoms with van der Waals surface area (Å²) in [4.78, 5) is 39.2. The van der Waals surface area contributed by atoms with Gasteiger partial charge < -0.3 is 15.6 Å². The first-order valence-electron chi connectivity index (χ1n) is 9.28. The van der Waals surface area contributed by atoms with Gasteiger partial charge in [0, 0.05) is 48.5 Å². The Morgan fingerprint density at radius 2 is 1.94 bits per heavy atom. The van der Waals surface area contributed by atoms with Crippen molar-refractivity contribution in [2.75, 3.05) is 18.4 Å². The molecule has 0 saturated heterocycles. The van der Waals surface area contributed by atoms with Crippen LogP contribution in [0.15, 0.2) is 47.7 Å². The van der Waals surface area contributed by atoms with Gasteiger partial charge in [-0.25, -0.2) is 9.97 Å². The minimum absolute atomic E-state index is 0.0272. The van der Waals surface area contributed by atoms with Crippen molar-refractivity contribution in [1.29, 1.82) is 0 Å². The van der Waals surface area contributed by atoms with E-state index in [0.29, 0.717) is 17.1 Å². The second kappa shape index (κ2) is 9.37. The summed E-state index contributed by atoms with van der Waals surface area (Å²) >= 11 is 0. The zero-order valence-electron chi connectivity index (χ0n) is 16.5. The first-order chi connectivity index (χ1) is 14.8. The molecule has 0 unspecified atom stereocenters. The van der Waals surface area contributed by atoms with Crippen LogP contribution in [-0.2, 0) is 17.4 Å². The van der Waals surface area contributed by atoms with Crippen LogP contribution in [-0.4, -0.2) is 38.9 Å². The number of aromatic nitrogens is 4. The maximum Gasteiger partial charge on any atom is 0.419 e. The van der Waals surface area contributed by atoms with E-state index in [-0.39, 0.29) is 30.9 Å². The second-order valence-corrected chi connectivity index (χ2v) is 6.57. The highest BCUT2D eigenvalue weighted by atomic mass is 19.4. The Balaban J connectivity index is 1.57. The van der Waals surface area contributed by atoms with E-state index in [9.17, 15) is 22.8 Å². The number of hydrogen-bond donors (Lipinski definition) is 3. The second-order valence-electron chi connectivity index (χ2n) is 6.57.